The van der Waals surface area contributed by atoms with E-state index < -0.39 is 0 Å². The van der Waals surface area contributed by atoms with Crippen molar-refractivity contribution in [3.05, 3.63) is 60.4 Å². The molecule has 1 aromatic heterocycles. The van der Waals surface area contributed by atoms with E-state index in [2.05, 4.69) is 43.9 Å². The standard InChI is InChI=1S/C17H23N3/c1-4-11-18-17(13-14(2)3)16-10-12-20(19-16)15-8-6-5-7-9-15/h5-10,12,17-18H,2,4,11,13H2,1,3H3. The van der Waals surface area contributed by atoms with Gasteiger partial charge in [0.2, 0.25) is 0 Å². The predicted octanol–water partition coefficient (Wildman–Crippen LogP) is 3.88. The van der Waals surface area contributed by atoms with Crippen LogP contribution in [-0.2, 0) is 0 Å². The summed E-state index contributed by atoms with van der Waals surface area (Å²) in [5, 5.41) is 8.25. The molecule has 106 valence electrons. The molecule has 1 heterocycles. The zero-order valence-corrected chi connectivity index (χ0v) is 12.3. The molecule has 0 saturated carbocycles. The van der Waals surface area contributed by atoms with Gasteiger partial charge in [-0.3, -0.25) is 0 Å². The summed E-state index contributed by atoms with van der Waals surface area (Å²) >= 11 is 0. The molecule has 3 heteroatoms. The van der Waals surface area contributed by atoms with Gasteiger partial charge in [-0.25, -0.2) is 4.68 Å². The Bertz CT molecular complexity index is 542. The summed E-state index contributed by atoms with van der Waals surface area (Å²) < 4.78 is 1.92. The average Bonchev–Trinajstić information content (AvgIpc) is 2.94. The van der Waals surface area contributed by atoms with Crippen LogP contribution in [0, 0.1) is 0 Å². The molecule has 1 unspecified atom stereocenters. The first-order valence-electron chi connectivity index (χ1n) is 7.19. The van der Waals surface area contributed by atoms with Crippen LogP contribution in [0.15, 0.2) is 54.7 Å². The van der Waals surface area contributed by atoms with Crippen LogP contribution < -0.4 is 5.32 Å². The van der Waals surface area contributed by atoms with E-state index in [0.29, 0.717) is 0 Å². The minimum Gasteiger partial charge on any atom is -0.308 e. The molecule has 0 spiro atoms. The van der Waals surface area contributed by atoms with Crippen molar-refractivity contribution in [1.29, 1.82) is 0 Å². The van der Waals surface area contributed by atoms with E-state index in [9.17, 15) is 0 Å². The Hall–Kier alpha value is -1.87. The third-order valence-corrected chi connectivity index (χ3v) is 3.18. The number of para-hydroxylation sites is 1. The van der Waals surface area contributed by atoms with E-state index >= 15 is 0 Å². The van der Waals surface area contributed by atoms with Crippen molar-refractivity contribution in [2.24, 2.45) is 0 Å². The molecule has 0 bridgehead atoms. The van der Waals surface area contributed by atoms with Gasteiger partial charge in [0.25, 0.3) is 0 Å². The summed E-state index contributed by atoms with van der Waals surface area (Å²) in [4.78, 5) is 0. The summed E-state index contributed by atoms with van der Waals surface area (Å²) in [6.07, 6.45) is 4.06. The van der Waals surface area contributed by atoms with Gasteiger partial charge in [0.05, 0.1) is 17.4 Å². The molecule has 0 saturated heterocycles. The Balaban J connectivity index is 2.17. The monoisotopic (exact) mass is 269 g/mol. The zero-order chi connectivity index (χ0) is 14.4. The number of rotatable bonds is 7. The molecule has 0 aliphatic heterocycles. The maximum atomic E-state index is 4.70. The number of nitrogens with zero attached hydrogens (tertiary/aromatic N) is 2. The van der Waals surface area contributed by atoms with Crippen molar-refractivity contribution in [1.82, 2.24) is 15.1 Å². The van der Waals surface area contributed by atoms with Gasteiger partial charge in [-0.1, -0.05) is 30.7 Å². The van der Waals surface area contributed by atoms with Crippen LogP contribution in [0.3, 0.4) is 0 Å². The van der Waals surface area contributed by atoms with Gasteiger partial charge in [-0.2, -0.15) is 5.10 Å². The molecule has 1 atom stereocenters. The highest BCUT2D eigenvalue weighted by molar-refractivity contribution is 5.30. The highest BCUT2D eigenvalue weighted by atomic mass is 15.3. The maximum absolute atomic E-state index is 4.70. The fourth-order valence-corrected chi connectivity index (χ4v) is 2.20. The van der Waals surface area contributed by atoms with Crippen LogP contribution in [0.1, 0.15) is 38.4 Å². The third kappa shape index (κ3) is 3.81. The number of nitrogens with one attached hydrogen (secondary N) is 1. The van der Waals surface area contributed by atoms with Crippen molar-refractivity contribution >= 4 is 0 Å². The van der Waals surface area contributed by atoms with E-state index in [4.69, 9.17) is 5.10 Å². The third-order valence-electron chi connectivity index (χ3n) is 3.18. The molecule has 3 nitrogen and oxygen atoms in total. The van der Waals surface area contributed by atoms with E-state index in [-0.39, 0.29) is 6.04 Å². The lowest BCUT2D eigenvalue weighted by molar-refractivity contribution is 0.513. The molecule has 0 aliphatic rings. The van der Waals surface area contributed by atoms with Crippen LogP contribution in [-0.4, -0.2) is 16.3 Å². The van der Waals surface area contributed by atoms with Crippen molar-refractivity contribution in [3.63, 3.8) is 0 Å². The minimum atomic E-state index is 0.248. The van der Waals surface area contributed by atoms with E-state index in [0.717, 1.165) is 30.8 Å². The Labute approximate surface area is 121 Å². The molecule has 2 rings (SSSR count). The Morgan fingerprint density at radius 3 is 2.70 bits per heavy atom. The van der Waals surface area contributed by atoms with Crippen molar-refractivity contribution < 1.29 is 0 Å². The molecular weight excluding hydrogens is 246 g/mol. The first kappa shape index (κ1) is 14.5. The Morgan fingerprint density at radius 1 is 1.30 bits per heavy atom. The highest BCUT2D eigenvalue weighted by Gasteiger charge is 2.14. The van der Waals surface area contributed by atoms with Crippen LogP contribution in [0.25, 0.3) is 5.69 Å². The maximum Gasteiger partial charge on any atom is 0.0801 e. The molecule has 0 fully saturated rings. The predicted molar refractivity (Wildman–Crippen MR) is 84.0 cm³/mol. The molecule has 0 amide bonds. The van der Waals surface area contributed by atoms with Gasteiger partial charge in [-0.05, 0) is 44.5 Å². The van der Waals surface area contributed by atoms with Gasteiger partial charge < -0.3 is 5.32 Å². The number of hydrogen-bond donors (Lipinski definition) is 1. The normalized spacial score (nSPS) is 12.3. The lowest BCUT2D eigenvalue weighted by Gasteiger charge is -2.16. The van der Waals surface area contributed by atoms with Gasteiger partial charge in [0.1, 0.15) is 0 Å². The molecule has 1 N–H and O–H groups in total. The summed E-state index contributed by atoms with van der Waals surface area (Å²) in [5.41, 5.74) is 3.33. The first-order chi connectivity index (χ1) is 9.70. The summed E-state index contributed by atoms with van der Waals surface area (Å²) in [6.45, 7) is 9.25. The van der Waals surface area contributed by atoms with Crippen molar-refractivity contribution in [3.8, 4) is 5.69 Å². The number of aromatic nitrogens is 2. The van der Waals surface area contributed by atoms with E-state index in [1.807, 2.05) is 29.1 Å². The fourth-order valence-electron chi connectivity index (χ4n) is 2.20. The lowest BCUT2D eigenvalue weighted by atomic mass is 10.1. The molecule has 0 aliphatic carbocycles. The fraction of sp³-hybridized carbons (Fsp3) is 0.353. The van der Waals surface area contributed by atoms with Crippen molar-refractivity contribution in [2.45, 2.75) is 32.7 Å². The largest absolute Gasteiger partial charge is 0.308 e. The van der Waals surface area contributed by atoms with Gasteiger partial charge in [0.15, 0.2) is 0 Å². The van der Waals surface area contributed by atoms with Gasteiger partial charge in [0, 0.05) is 6.20 Å². The Kier molecular flexibility index (Phi) is 5.13. The lowest BCUT2D eigenvalue weighted by Crippen LogP contribution is -2.23. The van der Waals surface area contributed by atoms with Crippen LogP contribution in [0.2, 0.25) is 0 Å². The second-order valence-corrected chi connectivity index (χ2v) is 5.19. The summed E-state index contributed by atoms with van der Waals surface area (Å²) in [6, 6.07) is 12.5. The topological polar surface area (TPSA) is 29.9 Å². The second-order valence-electron chi connectivity index (χ2n) is 5.19. The zero-order valence-electron chi connectivity index (χ0n) is 12.3. The van der Waals surface area contributed by atoms with Crippen LogP contribution >= 0.6 is 0 Å². The van der Waals surface area contributed by atoms with Crippen LogP contribution in [0.4, 0.5) is 0 Å². The second kappa shape index (κ2) is 7.06. The summed E-state index contributed by atoms with van der Waals surface area (Å²) in [7, 11) is 0. The van der Waals surface area contributed by atoms with Crippen molar-refractivity contribution in [2.75, 3.05) is 6.54 Å². The first-order valence-corrected chi connectivity index (χ1v) is 7.19. The minimum absolute atomic E-state index is 0.248. The molecule has 2 aromatic rings. The molecule has 0 radical (unpaired) electrons. The quantitative estimate of drug-likeness (QED) is 0.773. The van der Waals surface area contributed by atoms with E-state index in [1.165, 1.54) is 5.57 Å². The van der Waals surface area contributed by atoms with E-state index in [1.54, 1.807) is 0 Å². The SMILES string of the molecule is C=C(C)CC(NCCC)c1ccn(-c2ccccc2)n1. The molecule has 20 heavy (non-hydrogen) atoms. The van der Waals surface area contributed by atoms with Crippen LogP contribution in [0.5, 0.6) is 0 Å². The number of hydrogen-bond acceptors (Lipinski definition) is 2. The number of benzene rings is 1. The highest BCUT2D eigenvalue weighted by Crippen LogP contribution is 2.19. The molecular formula is C17H23N3. The van der Waals surface area contributed by atoms with Gasteiger partial charge >= 0.3 is 0 Å². The average molecular weight is 269 g/mol. The van der Waals surface area contributed by atoms with Gasteiger partial charge in [-0.15, -0.1) is 6.58 Å². The molecule has 1 aromatic carbocycles. The summed E-state index contributed by atoms with van der Waals surface area (Å²) in [5.74, 6) is 0. The smallest absolute Gasteiger partial charge is 0.0801 e. The Morgan fingerprint density at radius 2 is 2.05 bits per heavy atom.